The quantitative estimate of drug-likeness (QED) is 0.768. The minimum atomic E-state index is -5.01. The molecule has 3 rings (SSSR count). The first-order chi connectivity index (χ1) is 14.2. The number of nitrogens with zero attached hydrogens (tertiary/aromatic N) is 2. The van der Waals surface area contributed by atoms with Crippen LogP contribution >= 0.6 is 0 Å². The fourth-order valence-corrected chi connectivity index (χ4v) is 3.42. The predicted octanol–water partition coefficient (Wildman–Crippen LogP) is 3.57. The minimum absolute atomic E-state index is 0.00354. The van der Waals surface area contributed by atoms with E-state index >= 15 is 0 Å². The summed E-state index contributed by atoms with van der Waals surface area (Å²) < 4.78 is 49.0. The number of hydrogen-bond donors (Lipinski definition) is 2. The lowest BCUT2D eigenvalue weighted by Crippen LogP contribution is -2.29. The summed E-state index contributed by atoms with van der Waals surface area (Å²) in [5.74, 6) is -2.36. The van der Waals surface area contributed by atoms with E-state index in [4.69, 9.17) is 15.7 Å². The summed E-state index contributed by atoms with van der Waals surface area (Å²) in [5.41, 5.74) is 6.80. The van der Waals surface area contributed by atoms with Gasteiger partial charge in [-0.3, -0.25) is 4.79 Å². The number of halogens is 3. The van der Waals surface area contributed by atoms with Crippen molar-refractivity contribution in [1.29, 1.82) is 5.26 Å². The van der Waals surface area contributed by atoms with Gasteiger partial charge in [-0.1, -0.05) is 6.07 Å². The molecule has 10 heteroatoms. The molecule has 1 aromatic carbocycles. The number of ether oxygens (including phenoxy) is 2. The molecule has 3 N–H and O–H groups in total. The van der Waals surface area contributed by atoms with Gasteiger partial charge in [-0.25, -0.2) is 4.98 Å². The third kappa shape index (κ3) is 4.00. The van der Waals surface area contributed by atoms with E-state index in [9.17, 15) is 18.0 Å². The van der Waals surface area contributed by atoms with Crippen LogP contribution in [-0.4, -0.2) is 23.9 Å². The highest BCUT2D eigenvalue weighted by molar-refractivity contribution is 5.98. The molecule has 0 saturated carbocycles. The van der Waals surface area contributed by atoms with Gasteiger partial charge in [-0.05, 0) is 32.0 Å². The Bertz CT molecular complexity index is 1070. The molecule has 2 heterocycles. The lowest BCUT2D eigenvalue weighted by atomic mass is 9.80. The Kier molecular flexibility index (Phi) is 5.56. The Morgan fingerprint density at radius 1 is 1.37 bits per heavy atom. The average molecular weight is 418 g/mol. The van der Waals surface area contributed by atoms with Gasteiger partial charge < -0.3 is 20.5 Å². The van der Waals surface area contributed by atoms with Gasteiger partial charge in [0.2, 0.25) is 11.8 Å². The maximum atomic E-state index is 13.1. The highest BCUT2D eigenvalue weighted by atomic mass is 19.4. The van der Waals surface area contributed by atoms with Gasteiger partial charge in [-0.2, -0.15) is 5.26 Å². The summed E-state index contributed by atoms with van der Waals surface area (Å²) in [6, 6.07) is 7.00. The second-order valence-corrected chi connectivity index (χ2v) is 6.38. The van der Waals surface area contributed by atoms with E-state index in [-0.39, 0.29) is 29.2 Å². The van der Waals surface area contributed by atoms with Crippen LogP contribution in [0.5, 0.6) is 11.6 Å². The fourth-order valence-electron chi connectivity index (χ4n) is 3.42. The first kappa shape index (κ1) is 21.0. The van der Waals surface area contributed by atoms with E-state index in [1.807, 2.05) is 0 Å². The van der Waals surface area contributed by atoms with Crippen LogP contribution in [0, 0.1) is 11.3 Å². The smallest absolute Gasteiger partial charge is 0.478 e. The maximum Gasteiger partial charge on any atom is 0.573 e. The van der Waals surface area contributed by atoms with Crippen LogP contribution < -0.4 is 20.5 Å². The number of fused-ring (bicyclic) bond motifs is 1. The molecule has 1 atom stereocenters. The number of nitrogens with one attached hydrogen (secondary N) is 1. The second-order valence-electron chi connectivity index (χ2n) is 6.38. The number of carbonyl (C=O) groups excluding carboxylic acids is 1. The van der Waals surface area contributed by atoms with Crippen molar-refractivity contribution in [2.24, 2.45) is 5.73 Å². The van der Waals surface area contributed by atoms with Gasteiger partial charge in [0.25, 0.3) is 0 Å². The monoisotopic (exact) mass is 418 g/mol. The molecule has 0 bridgehead atoms. The topological polar surface area (TPSA) is 110 Å². The van der Waals surface area contributed by atoms with Crippen molar-refractivity contribution >= 4 is 11.6 Å². The number of benzene rings is 1. The molecular weight excluding hydrogens is 401 g/mol. The summed E-state index contributed by atoms with van der Waals surface area (Å²) in [6.07, 6.45) is -3.54. The van der Waals surface area contributed by atoms with E-state index in [1.165, 1.54) is 18.3 Å². The van der Waals surface area contributed by atoms with E-state index in [0.29, 0.717) is 16.9 Å². The summed E-state index contributed by atoms with van der Waals surface area (Å²) in [6.45, 7) is 3.55. The number of carbonyl (C=O) groups is 1. The van der Waals surface area contributed by atoms with Crippen LogP contribution in [0.4, 0.5) is 18.9 Å². The Morgan fingerprint density at radius 3 is 2.70 bits per heavy atom. The second kappa shape index (κ2) is 7.94. The third-order valence-corrected chi connectivity index (χ3v) is 4.48. The molecule has 156 valence electrons. The molecule has 0 radical (unpaired) electrons. The highest BCUT2D eigenvalue weighted by Gasteiger charge is 2.39. The molecule has 1 aliphatic heterocycles. The zero-order valence-corrected chi connectivity index (χ0v) is 16.0. The van der Waals surface area contributed by atoms with Gasteiger partial charge in [-0.15, -0.1) is 13.2 Å². The van der Waals surface area contributed by atoms with Crippen molar-refractivity contribution in [3.8, 4) is 17.7 Å². The summed E-state index contributed by atoms with van der Waals surface area (Å²) in [5, 5.41) is 12.1. The van der Waals surface area contributed by atoms with Crippen LogP contribution in [0.1, 0.15) is 36.5 Å². The first-order valence-electron chi connectivity index (χ1n) is 8.85. The first-order valence-corrected chi connectivity index (χ1v) is 8.85. The predicted molar refractivity (Wildman–Crippen MR) is 101 cm³/mol. The molecule has 1 unspecified atom stereocenters. The number of amides is 1. The molecule has 30 heavy (non-hydrogen) atoms. The molecule has 2 aromatic rings. The number of alkyl halides is 3. The Labute approximate surface area is 169 Å². The van der Waals surface area contributed by atoms with Crippen molar-refractivity contribution in [1.82, 2.24) is 4.98 Å². The maximum absolute atomic E-state index is 13.1. The number of nitrogens with two attached hydrogens (primary N) is 1. The van der Waals surface area contributed by atoms with Crippen LogP contribution in [0.2, 0.25) is 0 Å². The molecule has 0 aliphatic carbocycles. The van der Waals surface area contributed by atoms with Gasteiger partial charge in [0, 0.05) is 28.7 Å². The Morgan fingerprint density at radius 2 is 2.10 bits per heavy atom. The number of rotatable bonds is 5. The van der Waals surface area contributed by atoms with Gasteiger partial charge in [0.15, 0.2) is 0 Å². The highest BCUT2D eigenvalue weighted by Crippen LogP contribution is 2.48. The number of anilines is 1. The molecule has 0 fully saturated rings. The lowest BCUT2D eigenvalue weighted by molar-refractivity contribution is -0.274. The van der Waals surface area contributed by atoms with Crippen molar-refractivity contribution in [2.45, 2.75) is 26.1 Å². The number of pyridine rings is 1. The normalized spacial score (nSPS) is 15.7. The standard InChI is InChI=1S/C20H17F3N4O3/c1-3-29-19-17-13(6-7-26-19)27-10(2)15(18(25)28)16(17)12-5-4-11(9-24)8-14(12)30-20(21,22)23/h4-8,16,27H,3H2,1-2H3,(H2,25,28). The van der Waals surface area contributed by atoms with Crippen molar-refractivity contribution in [3.05, 3.63) is 58.4 Å². The van der Waals surface area contributed by atoms with Crippen LogP contribution in [-0.2, 0) is 4.79 Å². The van der Waals surface area contributed by atoms with Gasteiger partial charge in [0.05, 0.1) is 29.7 Å². The lowest BCUT2D eigenvalue weighted by Gasteiger charge is -2.31. The summed E-state index contributed by atoms with van der Waals surface area (Å²) in [7, 11) is 0. The van der Waals surface area contributed by atoms with Crippen LogP contribution in [0.3, 0.4) is 0 Å². The zero-order chi connectivity index (χ0) is 22.1. The number of hydrogen-bond acceptors (Lipinski definition) is 6. The number of allylic oxidation sites excluding steroid dienone is 1. The largest absolute Gasteiger partial charge is 0.573 e. The van der Waals surface area contributed by atoms with Crippen LogP contribution in [0.25, 0.3) is 0 Å². The molecule has 1 amide bonds. The Balaban J connectivity index is 2.33. The molecule has 1 aromatic heterocycles. The van der Waals surface area contributed by atoms with Gasteiger partial charge >= 0.3 is 6.36 Å². The van der Waals surface area contributed by atoms with E-state index < -0.39 is 23.9 Å². The summed E-state index contributed by atoms with van der Waals surface area (Å²) >= 11 is 0. The van der Waals surface area contributed by atoms with E-state index in [2.05, 4.69) is 15.0 Å². The fraction of sp³-hybridized carbons (Fsp3) is 0.250. The molecule has 7 nitrogen and oxygen atoms in total. The number of primary amides is 1. The van der Waals surface area contributed by atoms with Gasteiger partial charge in [0.1, 0.15) is 5.75 Å². The van der Waals surface area contributed by atoms with Crippen LogP contribution in [0.15, 0.2) is 41.7 Å². The Hall–Kier alpha value is -3.74. The average Bonchev–Trinajstić information content (AvgIpc) is 2.65. The summed E-state index contributed by atoms with van der Waals surface area (Å²) in [4.78, 5) is 16.5. The molecule has 0 spiro atoms. The van der Waals surface area contributed by atoms with E-state index in [0.717, 1.165) is 6.07 Å². The van der Waals surface area contributed by atoms with Crippen molar-refractivity contribution < 1.29 is 27.4 Å². The number of aromatic nitrogens is 1. The molecule has 0 saturated heterocycles. The zero-order valence-electron chi connectivity index (χ0n) is 16.0. The number of nitriles is 1. The van der Waals surface area contributed by atoms with Crippen molar-refractivity contribution in [2.75, 3.05) is 11.9 Å². The minimum Gasteiger partial charge on any atom is -0.478 e. The SMILES string of the molecule is CCOc1nccc2c1C(c1ccc(C#N)cc1OC(F)(F)F)C(C(N)=O)=C(C)N2. The van der Waals surface area contributed by atoms with Crippen molar-refractivity contribution in [3.63, 3.8) is 0 Å². The van der Waals surface area contributed by atoms with E-state index in [1.54, 1.807) is 26.0 Å². The molecule has 1 aliphatic rings. The molecular formula is C20H17F3N4O3. The third-order valence-electron chi connectivity index (χ3n) is 4.48.